The molecule has 0 aliphatic rings. The Morgan fingerprint density at radius 1 is 1.05 bits per heavy atom. The molecule has 3 nitrogen and oxygen atoms in total. The maximum absolute atomic E-state index is 6.18. The van der Waals surface area contributed by atoms with Crippen LogP contribution in [-0.4, -0.2) is 4.98 Å². The van der Waals surface area contributed by atoms with E-state index in [9.17, 15) is 0 Å². The maximum Gasteiger partial charge on any atom is 0.153 e. The monoisotopic (exact) mass is 382 g/mol. The van der Waals surface area contributed by atoms with Gasteiger partial charge in [-0.05, 0) is 46.3 Å². The lowest BCUT2D eigenvalue weighted by molar-refractivity contribution is 0.487. The van der Waals surface area contributed by atoms with Crippen molar-refractivity contribution >= 4 is 55.7 Å². The van der Waals surface area contributed by atoms with E-state index in [1.807, 2.05) is 12.1 Å². The second-order valence-electron chi connectivity index (χ2n) is 4.35. The molecule has 0 spiro atoms. The molecule has 106 valence electrons. The van der Waals surface area contributed by atoms with Gasteiger partial charge >= 0.3 is 0 Å². The van der Waals surface area contributed by atoms with Crippen LogP contribution >= 0.6 is 39.1 Å². The molecular weight excluding hydrogens is 375 g/mol. The zero-order valence-electron chi connectivity index (χ0n) is 10.6. The van der Waals surface area contributed by atoms with Crippen molar-refractivity contribution in [1.82, 2.24) is 4.98 Å². The number of pyridine rings is 1. The number of nitrogens with zero attached hydrogens (tertiary/aromatic N) is 1. The highest BCUT2D eigenvalue weighted by Gasteiger charge is 2.11. The number of benzene rings is 2. The van der Waals surface area contributed by atoms with Crippen LogP contribution in [0.1, 0.15) is 0 Å². The van der Waals surface area contributed by atoms with Crippen LogP contribution in [0.25, 0.3) is 10.9 Å². The van der Waals surface area contributed by atoms with E-state index in [-0.39, 0.29) is 0 Å². The Morgan fingerprint density at radius 3 is 2.67 bits per heavy atom. The molecule has 3 aromatic rings. The molecule has 0 amide bonds. The smallest absolute Gasteiger partial charge is 0.153 e. The molecule has 1 aromatic heterocycles. The number of nitrogens with two attached hydrogens (primary N) is 1. The largest absolute Gasteiger partial charge is 0.453 e. The summed E-state index contributed by atoms with van der Waals surface area (Å²) in [7, 11) is 0. The second-order valence-corrected chi connectivity index (χ2v) is 6.02. The van der Waals surface area contributed by atoms with E-state index in [1.165, 1.54) is 0 Å². The van der Waals surface area contributed by atoms with E-state index in [4.69, 9.17) is 33.7 Å². The van der Waals surface area contributed by atoms with Gasteiger partial charge in [0.05, 0.1) is 10.0 Å². The quantitative estimate of drug-likeness (QED) is 0.457. The van der Waals surface area contributed by atoms with Gasteiger partial charge in [-0.25, -0.2) is 0 Å². The van der Waals surface area contributed by atoms with Crippen molar-refractivity contribution in [2.24, 2.45) is 0 Å². The summed E-state index contributed by atoms with van der Waals surface area (Å²) >= 11 is 15.6. The van der Waals surface area contributed by atoms with Gasteiger partial charge in [0.1, 0.15) is 11.3 Å². The fraction of sp³-hybridized carbons (Fsp3) is 0. The molecule has 0 atom stereocenters. The van der Waals surface area contributed by atoms with Crippen LogP contribution in [0.4, 0.5) is 5.69 Å². The Bertz CT molecular complexity index is 839. The number of fused-ring (bicyclic) bond motifs is 1. The maximum atomic E-state index is 6.18. The average Bonchev–Trinajstić information content (AvgIpc) is 2.48. The molecule has 0 unspecified atom stereocenters. The lowest BCUT2D eigenvalue weighted by Gasteiger charge is -2.11. The van der Waals surface area contributed by atoms with Crippen molar-refractivity contribution in [2.45, 2.75) is 0 Å². The molecule has 2 aromatic carbocycles. The van der Waals surface area contributed by atoms with Gasteiger partial charge in [0.15, 0.2) is 5.75 Å². The molecule has 0 radical (unpaired) electrons. The van der Waals surface area contributed by atoms with Crippen LogP contribution < -0.4 is 10.5 Å². The number of halogens is 3. The number of ether oxygens (including phenoxy) is 1. The number of nitrogen functional groups attached to an aromatic ring is 1. The first-order chi connectivity index (χ1) is 10.1. The van der Waals surface area contributed by atoms with E-state index in [0.29, 0.717) is 37.2 Å². The topological polar surface area (TPSA) is 48.1 Å². The van der Waals surface area contributed by atoms with Gasteiger partial charge in [0.25, 0.3) is 0 Å². The summed E-state index contributed by atoms with van der Waals surface area (Å²) in [5.74, 6) is 1.03. The summed E-state index contributed by atoms with van der Waals surface area (Å²) in [6, 6.07) is 10.6. The van der Waals surface area contributed by atoms with Crippen LogP contribution in [0.5, 0.6) is 11.5 Å². The molecule has 2 N–H and O–H groups in total. The zero-order chi connectivity index (χ0) is 15.0. The minimum Gasteiger partial charge on any atom is -0.453 e. The lowest BCUT2D eigenvalue weighted by atomic mass is 10.1. The highest BCUT2D eigenvalue weighted by molar-refractivity contribution is 9.10. The van der Waals surface area contributed by atoms with E-state index >= 15 is 0 Å². The van der Waals surface area contributed by atoms with Crippen molar-refractivity contribution in [2.75, 3.05) is 5.73 Å². The lowest BCUT2D eigenvalue weighted by Crippen LogP contribution is -1.93. The number of hydrogen-bond donors (Lipinski definition) is 1. The molecule has 0 aliphatic heterocycles. The van der Waals surface area contributed by atoms with Crippen molar-refractivity contribution in [3.05, 3.63) is 57.1 Å². The normalized spacial score (nSPS) is 10.8. The summed E-state index contributed by atoms with van der Waals surface area (Å²) in [5.41, 5.74) is 7.26. The van der Waals surface area contributed by atoms with E-state index < -0.39 is 0 Å². The van der Waals surface area contributed by atoms with Crippen LogP contribution in [-0.2, 0) is 0 Å². The minimum atomic E-state index is 0.451. The highest BCUT2D eigenvalue weighted by Crippen LogP contribution is 2.38. The van der Waals surface area contributed by atoms with Crippen molar-refractivity contribution in [1.29, 1.82) is 0 Å². The second kappa shape index (κ2) is 5.72. The molecule has 0 saturated carbocycles. The standard InChI is InChI=1S/C15H9BrCl2N2O/c16-9-6-11(18)14(7-10(9)17)21-13-4-3-12(19)8-2-1-5-20-15(8)13/h1-7H,19H2. The summed E-state index contributed by atoms with van der Waals surface area (Å²) in [5, 5.41) is 1.80. The summed E-state index contributed by atoms with van der Waals surface area (Å²) in [6.07, 6.45) is 1.69. The fourth-order valence-corrected chi connectivity index (χ4v) is 2.78. The van der Waals surface area contributed by atoms with Gasteiger partial charge in [-0.2, -0.15) is 0 Å². The zero-order valence-corrected chi connectivity index (χ0v) is 13.7. The molecule has 6 heteroatoms. The average molecular weight is 384 g/mol. The predicted molar refractivity (Wildman–Crippen MR) is 90.4 cm³/mol. The van der Waals surface area contributed by atoms with Gasteiger partial charge in [0.2, 0.25) is 0 Å². The number of rotatable bonds is 2. The first kappa shape index (κ1) is 14.4. The Hall–Kier alpha value is -1.49. The summed E-state index contributed by atoms with van der Waals surface area (Å²) in [6.45, 7) is 0. The fourth-order valence-electron chi connectivity index (χ4n) is 1.95. The number of aromatic nitrogens is 1. The minimum absolute atomic E-state index is 0.451. The first-order valence-electron chi connectivity index (χ1n) is 6.02. The highest BCUT2D eigenvalue weighted by atomic mass is 79.9. The van der Waals surface area contributed by atoms with Crippen LogP contribution in [0.3, 0.4) is 0 Å². The van der Waals surface area contributed by atoms with Crippen LogP contribution in [0.15, 0.2) is 47.1 Å². The third-order valence-electron chi connectivity index (χ3n) is 2.96. The van der Waals surface area contributed by atoms with Crippen LogP contribution in [0.2, 0.25) is 10.0 Å². The molecule has 1 heterocycles. The Balaban J connectivity index is 2.11. The third-order valence-corrected chi connectivity index (χ3v) is 4.45. The molecule has 0 bridgehead atoms. The molecule has 0 aliphatic carbocycles. The van der Waals surface area contributed by atoms with Gasteiger partial charge in [0, 0.05) is 27.8 Å². The van der Waals surface area contributed by atoms with Gasteiger partial charge < -0.3 is 10.5 Å². The summed E-state index contributed by atoms with van der Waals surface area (Å²) in [4.78, 5) is 4.32. The molecule has 3 rings (SSSR count). The number of hydrogen-bond acceptors (Lipinski definition) is 3. The van der Waals surface area contributed by atoms with E-state index in [1.54, 1.807) is 30.5 Å². The van der Waals surface area contributed by atoms with Crippen LogP contribution in [0, 0.1) is 0 Å². The summed E-state index contributed by atoms with van der Waals surface area (Å²) < 4.78 is 6.57. The Morgan fingerprint density at radius 2 is 1.86 bits per heavy atom. The van der Waals surface area contributed by atoms with Crippen molar-refractivity contribution < 1.29 is 4.74 Å². The molecule has 21 heavy (non-hydrogen) atoms. The Labute approximate surface area is 139 Å². The third kappa shape index (κ3) is 2.79. The number of anilines is 1. The first-order valence-corrected chi connectivity index (χ1v) is 7.57. The molecular formula is C15H9BrCl2N2O. The van der Waals surface area contributed by atoms with E-state index in [2.05, 4.69) is 20.9 Å². The van der Waals surface area contributed by atoms with Crippen molar-refractivity contribution in [3.8, 4) is 11.5 Å². The van der Waals surface area contributed by atoms with Crippen molar-refractivity contribution in [3.63, 3.8) is 0 Å². The van der Waals surface area contributed by atoms with Gasteiger partial charge in [-0.3, -0.25) is 4.98 Å². The van der Waals surface area contributed by atoms with Gasteiger partial charge in [-0.1, -0.05) is 23.2 Å². The SMILES string of the molecule is Nc1ccc(Oc2cc(Cl)c(Br)cc2Cl)c2ncccc12. The van der Waals surface area contributed by atoms with Gasteiger partial charge in [-0.15, -0.1) is 0 Å². The Kier molecular flexibility index (Phi) is 3.93. The van der Waals surface area contributed by atoms with E-state index in [0.717, 1.165) is 5.39 Å². The molecule has 0 saturated heterocycles. The predicted octanol–water partition coefficient (Wildman–Crippen LogP) is 5.68. The molecule has 0 fully saturated rings.